The van der Waals surface area contributed by atoms with E-state index in [1.807, 2.05) is 0 Å². The summed E-state index contributed by atoms with van der Waals surface area (Å²) in [7, 11) is 12.5. The lowest BCUT2D eigenvalue weighted by Gasteiger charge is -2.35. The highest BCUT2D eigenvalue weighted by atomic mass is 15.3. The third-order valence-corrected chi connectivity index (χ3v) is 12.2. The van der Waals surface area contributed by atoms with Crippen molar-refractivity contribution in [1.82, 2.24) is 0 Å². The van der Waals surface area contributed by atoms with Gasteiger partial charge in [-0.2, -0.15) is 0 Å². The van der Waals surface area contributed by atoms with Gasteiger partial charge in [-0.25, -0.2) is 0 Å². The van der Waals surface area contributed by atoms with Crippen LogP contribution in [0.4, 0.5) is 0 Å². The normalized spacial score (nSPS) is 12.7. The minimum absolute atomic E-state index is 1.23. The van der Waals surface area contributed by atoms with E-state index in [1.165, 1.54) is 265 Å². The Morgan fingerprint density at radius 1 is 0.200 bits per heavy atom. The molecule has 0 aromatic rings. The smallest absolute Gasteiger partial charge is 0.0784 e. The van der Waals surface area contributed by atoms with Crippen molar-refractivity contribution >= 4 is 0 Å². The van der Waals surface area contributed by atoms with Gasteiger partial charge in [0.2, 0.25) is 0 Å². The number of unbranched alkanes of at least 4 members (excludes halogenated alkanes) is 27. The minimum Gasteiger partial charge on any atom is -0.328 e. The maximum atomic E-state index is 2.62. The van der Waals surface area contributed by atoms with E-state index in [9.17, 15) is 0 Å². The predicted molar refractivity (Wildman–Crippen MR) is 229 cm³/mol. The first kappa shape index (κ1) is 49.9. The van der Waals surface area contributed by atoms with E-state index in [1.54, 1.807) is 0 Å². The SMILES string of the molecule is CCCCCCCCCC[N+](C)(C)CCCCCC[N+](C)(CCCCCCCCCC)CCCCCC[N+](C)(C)CCCCCCCCCC. The standard InChI is InChI=1S/C47H102N3/c1-9-12-15-18-21-24-27-34-41-48(4,5)43-36-30-32-39-46-50(8,45-38-29-26-23-20-17-14-11-3)47-40-33-31-37-44-49(6,7)42-35-28-25-22-19-16-13-10-2/h9-47H2,1-8H3/q+3. The van der Waals surface area contributed by atoms with Gasteiger partial charge in [0.1, 0.15) is 0 Å². The lowest BCUT2D eigenvalue weighted by Crippen LogP contribution is -2.46. The molecule has 302 valence electrons. The van der Waals surface area contributed by atoms with Gasteiger partial charge in [-0.15, -0.1) is 0 Å². The van der Waals surface area contributed by atoms with Crippen molar-refractivity contribution in [2.45, 2.75) is 226 Å². The molecule has 0 N–H and O–H groups in total. The van der Waals surface area contributed by atoms with Crippen LogP contribution in [0.25, 0.3) is 0 Å². The molecule has 3 nitrogen and oxygen atoms in total. The predicted octanol–water partition coefficient (Wildman–Crippen LogP) is 14.1. The van der Waals surface area contributed by atoms with Crippen LogP contribution in [0.5, 0.6) is 0 Å². The molecular weight excluding hydrogens is 607 g/mol. The topological polar surface area (TPSA) is 0 Å². The molecular formula is C47H102N3+3. The van der Waals surface area contributed by atoms with Crippen LogP contribution in [-0.2, 0) is 0 Å². The van der Waals surface area contributed by atoms with Crippen molar-refractivity contribution in [1.29, 1.82) is 0 Å². The average molecular weight is 709 g/mol. The maximum Gasteiger partial charge on any atom is 0.0784 e. The number of nitrogens with zero attached hydrogens (tertiary/aromatic N) is 3. The van der Waals surface area contributed by atoms with Gasteiger partial charge in [0.25, 0.3) is 0 Å². The molecule has 0 fully saturated rings. The quantitative estimate of drug-likeness (QED) is 0.0438. The lowest BCUT2D eigenvalue weighted by molar-refractivity contribution is -0.910. The second-order valence-corrected chi connectivity index (χ2v) is 18.8. The molecule has 0 aliphatic rings. The van der Waals surface area contributed by atoms with Crippen LogP contribution in [0.3, 0.4) is 0 Å². The Labute approximate surface area is 319 Å². The summed E-state index contributed by atoms with van der Waals surface area (Å²) in [5, 5.41) is 0. The summed E-state index contributed by atoms with van der Waals surface area (Å²) in [4.78, 5) is 0. The molecule has 0 bridgehead atoms. The van der Waals surface area contributed by atoms with Gasteiger partial charge in [0, 0.05) is 0 Å². The molecule has 0 aliphatic carbocycles. The Hall–Kier alpha value is -0.120. The Morgan fingerprint density at radius 2 is 0.360 bits per heavy atom. The van der Waals surface area contributed by atoms with E-state index < -0.39 is 0 Å². The molecule has 0 rings (SSSR count). The second kappa shape index (κ2) is 34.6. The summed E-state index contributed by atoms with van der Waals surface area (Å²) in [6.07, 6.45) is 45.9. The molecule has 50 heavy (non-hydrogen) atoms. The first-order chi connectivity index (χ1) is 24.1. The lowest BCUT2D eigenvalue weighted by atomic mass is 10.1. The highest BCUT2D eigenvalue weighted by Gasteiger charge is 2.21. The third kappa shape index (κ3) is 34.9. The summed E-state index contributed by atoms with van der Waals surface area (Å²) in [5.74, 6) is 0. The summed E-state index contributed by atoms with van der Waals surface area (Å²) in [6.45, 7) is 16.7. The molecule has 0 saturated carbocycles. The Bertz CT molecular complexity index is 627. The molecule has 0 heterocycles. The molecule has 0 unspecified atom stereocenters. The van der Waals surface area contributed by atoms with Gasteiger partial charge < -0.3 is 13.4 Å². The van der Waals surface area contributed by atoms with Crippen molar-refractivity contribution in [2.24, 2.45) is 0 Å². The van der Waals surface area contributed by atoms with Crippen LogP contribution >= 0.6 is 0 Å². The van der Waals surface area contributed by atoms with Gasteiger partial charge in [-0.05, 0) is 89.9 Å². The minimum atomic E-state index is 1.23. The summed E-state index contributed by atoms with van der Waals surface area (Å²) >= 11 is 0. The largest absolute Gasteiger partial charge is 0.328 e. The number of hydrogen-bond donors (Lipinski definition) is 0. The van der Waals surface area contributed by atoms with Crippen molar-refractivity contribution < 1.29 is 13.4 Å². The van der Waals surface area contributed by atoms with Crippen molar-refractivity contribution in [3.05, 3.63) is 0 Å². The third-order valence-electron chi connectivity index (χ3n) is 12.2. The van der Waals surface area contributed by atoms with E-state index in [-0.39, 0.29) is 0 Å². The van der Waals surface area contributed by atoms with Crippen molar-refractivity contribution in [3.8, 4) is 0 Å². The molecule has 0 aromatic carbocycles. The molecule has 0 saturated heterocycles. The van der Waals surface area contributed by atoms with Crippen molar-refractivity contribution in [3.63, 3.8) is 0 Å². The van der Waals surface area contributed by atoms with Gasteiger partial charge in [-0.3, -0.25) is 0 Å². The summed E-state index contributed by atoms with van der Waals surface area (Å²) in [5.41, 5.74) is 0. The van der Waals surface area contributed by atoms with E-state index >= 15 is 0 Å². The zero-order valence-corrected chi connectivity index (χ0v) is 36.9. The van der Waals surface area contributed by atoms with Crippen LogP contribution in [0.15, 0.2) is 0 Å². The van der Waals surface area contributed by atoms with E-state index in [4.69, 9.17) is 0 Å². The highest BCUT2D eigenvalue weighted by Crippen LogP contribution is 2.18. The highest BCUT2D eigenvalue weighted by molar-refractivity contribution is 4.53. The first-order valence-corrected chi connectivity index (χ1v) is 23.6. The van der Waals surface area contributed by atoms with E-state index in [0.717, 1.165) is 0 Å². The monoisotopic (exact) mass is 709 g/mol. The average Bonchev–Trinajstić information content (AvgIpc) is 3.08. The molecule has 0 atom stereocenters. The van der Waals surface area contributed by atoms with Crippen LogP contribution in [0, 0.1) is 0 Å². The van der Waals surface area contributed by atoms with Crippen molar-refractivity contribution in [2.75, 3.05) is 81.1 Å². The summed E-state index contributed by atoms with van der Waals surface area (Å²) < 4.78 is 3.81. The molecule has 0 amide bonds. The fraction of sp³-hybridized carbons (Fsp3) is 1.00. The van der Waals surface area contributed by atoms with E-state index in [0.29, 0.717) is 0 Å². The Kier molecular flexibility index (Phi) is 34.6. The maximum absolute atomic E-state index is 2.62. The van der Waals surface area contributed by atoms with Gasteiger partial charge >= 0.3 is 0 Å². The zero-order chi connectivity index (χ0) is 37.1. The molecule has 0 spiro atoms. The number of quaternary nitrogens is 3. The fourth-order valence-electron chi connectivity index (χ4n) is 8.31. The van der Waals surface area contributed by atoms with Gasteiger partial charge in [-0.1, -0.05) is 136 Å². The first-order valence-electron chi connectivity index (χ1n) is 23.6. The fourth-order valence-corrected chi connectivity index (χ4v) is 8.31. The van der Waals surface area contributed by atoms with E-state index in [2.05, 4.69) is 56.0 Å². The number of rotatable bonds is 41. The Balaban J connectivity index is 4.35. The number of hydrogen-bond acceptors (Lipinski definition) is 0. The molecule has 0 aromatic heterocycles. The second-order valence-electron chi connectivity index (χ2n) is 18.8. The Morgan fingerprint density at radius 3 is 0.560 bits per heavy atom. The van der Waals surface area contributed by atoms with Crippen LogP contribution in [-0.4, -0.2) is 94.5 Å². The van der Waals surface area contributed by atoms with Crippen LogP contribution in [0.2, 0.25) is 0 Å². The zero-order valence-electron chi connectivity index (χ0n) is 36.9. The molecule has 0 aliphatic heterocycles. The molecule has 0 radical (unpaired) electrons. The molecule has 3 heteroatoms. The summed E-state index contributed by atoms with van der Waals surface area (Å²) in [6, 6.07) is 0. The van der Waals surface area contributed by atoms with Gasteiger partial charge in [0.05, 0.1) is 81.1 Å². The van der Waals surface area contributed by atoms with Gasteiger partial charge in [0.15, 0.2) is 0 Å². The van der Waals surface area contributed by atoms with Crippen LogP contribution < -0.4 is 0 Å². The van der Waals surface area contributed by atoms with Crippen LogP contribution in [0.1, 0.15) is 226 Å².